The Kier molecular flexibility index (Phi) is 3.42. The standard InChI is InChI=1S/C14H17NO/c1-11(10-16-2)15-14-9-5-7-12-6-3-4-8-13(12)14/h3-9,11,15H,10H2,1-2H3. The molecule has 2 rings (SSSR count). The molecule has 0 saturated heterocycles. The number of hydrogen-bond acceptors (Lipinski definition) is 2. The Morgan fingerprint density at radius 2 is 1.88 bits per heavy atom. The second-order valence-corrected chi connectivity index (χ2v) is 4.03. The number of ether oxygens (including phenoxy) is 1. The Hall–Kier alpha value is -1.54. The summed E-state index contributed by atoms with van der Waals surface area (Å²) in [7, 11) is 1.72. The summed E-state index contributed by atoms with van der Waals surface area (Å²) < 4.78 is 5.13. The molecule has 2 nitrogen and oxygen atoms in total. The normalized spacial score (nSPS) is 12.6. The number of fused-ring (bicyclic) bond motifs is 1. The van der Waals surface area contributed by atoms with Gasteiger partial charge in [0.05, 0.1) is 6.61 Å². The van der Waals surface area contributed by atoms with Crippen LogP contribution in [0.4, 0.5) is 5.69 Å². The first-order valence-corrected chi connectivity index (χ1v) is 5.54. The summed E-state index contributed by atoms with van der Waals surface area (Å²) >= 11 is 0. The summed E-state index contributed by atoms with van der Waals surface area (Å²) in [5.74, 6) is 0. The van der Waals surface area contributed by atoms with Crippen molar-refractivity contribution in [3.05, 3.63) is 42.5 Å². The molecule has 0 saturated carbocycles. The van der Waals surface area contributed by atoms with E-state index >= 15 is 0 Å². The van der Waals surface area contributed by atoms with E-state index in [1.165, 1.54) is 16.5 Å². The topological polar surface area (TPSA) is 21.3 Å². The first-order valence-electron chi connectivity index (χ1n) is 5.54. The van der Waals surface area contributed by atoms with Crippen molar-refractivity contribution in [2.45, 2.75) is 13.0 Å². The molecule has 2 aromatic rings. The fourth-order valence-electron chi connectivity index (χ4n) is 1.91. The Labute approximate surface area is 96.2 Å². The van der Waals surface area contributed by atoms with E-state index in [9.17, 15) is 0 Å². The van der Waals surface area contributed by atoms with Gasteiger partial charge in [0.2, 0.25) is 0 Å². The van der Waals surface area contributed by atoms with Gasteiger partial charge in [-0.3, -0.25) is 0 Å². The van der Waals surface area contributed by atoms with Crippen LogP contribution in [0.1, 0.15) is 6.92 Å². The molecular formula is C14H17NO. The van der Waals surface area contributed by atoms with Crippen LogP contribution in [0, 0.1) is 0 Å². The molecule has 0 heterocycles. The average molecular weight is 215 g/mol. The van der Waals surface area contributed by atoms with Gasteiger partial charge in [0.1, 0.15) is 0 Å². The van der Waals surface area contributed by atoms with E-state index in [-0.39, 0.29) is 0 Å². The number of nitrogens with one attached hydrogen (secondary N) is 1. The van der Waals surface area contributed by atoms with Gasteiger partial charge in [0.15, 0.2) is 0 Å². The molecule has 0 aliphatic heterocycles. The van der Waals surface area contributed by atoms with E-state index in [1.54, 1.807) is 7.11 Å². The van der Waals surface area contributed by atoms with Gasteiger partial charge in [-0.25, -0.2) is 0 Å². The molecule has 16 heavy (non-hydrogen) atoms. The molecular weight excluding hydrogens is 198 g/mol. The third-order valence-corrected chi connectivity index (χ3v) is 2.61. The average Bonchev–Trinajstić information content (AvgIpc) is 2.30. The van der Waals surface area contributed by atoms with Crippen molar-refractivity contribution in [2.75, 3.05) is 19.0 Å². The molecule has 2 heteroatoms. The maximum Gasteiger partial charge on any atom is 0.0661 e. The molecule has 1 N–H and O–H groups in total. The van der Waals surface area contributed by atoms with Crippen LogP contribution in [0.25, 0.3) is 10.8 Å². The largest absolute Gasteiger partial charge is 0.383 e. The first kappa shape index (κ1) is 11.0. The van der Waals surface area contributed by atoms with E-state index in [2.05, 4.69) is 54.7 Å². The molecule has 0 fully saturated rings. The Balaban J connectivity index is 2.30. The van der Waals surface area contributed by atoms with Crippen molar-refractivity contribution < 1.29 is 4.74 Å². The van der Waals surface area contributed by atoms with Gasteiger partial charge in [-0.2, -0.15) is 0 Å². The highest BCUT2D eigenvalue weighted by Gasteiger charge is 2.03. The number of benzene rings is 2. The molecule has 0 bridgehead atoms. The maximum atomic E-state index is 5.13. The number of rotatable bonds is 4. The summed E-state index contributed by atoms with van der Waals surface area (Å²) in [6, 6.07) is 15.0. The predicted octanol–water partition coefficient (Wildman–Crippen LogP) is 3.29. The zero-order valence-electron chi connectivity index (χ0n) is 9.73. The quantitative estimate of drug-likeness (QED) is 0.845. The van der Waals surface area contributed by atoms with Crippen LogP contribution in [0.2, 0.25) is 0 Å². The molecule has 0 radical (unpaired) electrons. The number of hydrogen-bond donors (Lipinski definition) is 1. The van der Waals surface area contributed by atoms with Gasteiger partial charge in [-0.15, -0.1) is 0 Å². The smallest absolute Gasteiger partial charge is 0.0661 e. The maximum absolute atomic E-state index is 5.13. The van der Waals surface area contributed by atoms with Gasteiger partial charge in [0.25, 0.3) is 0 Å². The third kappa shape index (κ3) is 2.34. The lowest BCUT2D eigenvalue weighted by Crippen LogP contribution is -2.20. The molecule has 0 aliphatic carbocycles. The van der Waals surface area contributed by atoms with E-state index < -0.39 is 0 Å². The van der Waals surface area contributed by atoms with Crippen LogP contribution >= 0.6 is 0 Å². The molecule has 1 atom stereocenters. The van der Waals surface area contributed by atoms with Crippen LogP contribution in [0.5, 0.6) is 0 Å². The fraction of sp³-hybridized carbons (Fsp3) is 0.286. The Bertz CT molecular complexity index is 462. The van der Waals surface area contributed by atoms with E-state index in [1.807, 2.05) is 0 Å². The molecule has 2 aromatic carbocycles. The highest BCUT2D eigenvalue weighted by molar-refractivity contribution is 5.93. The van der Waals surface area contributed by atoms with Crippen LogP contribution in [0.3, 0.4) is 0 Å². The summed E-state index contributed by atoms with van der Waals surface area (Å²) in [6.45, 7) is 2.83. The second kappa shape index (κ2) is 4.99. The van der Waals surface area contributed by atoms with Gasteiger partial charge in [-0.05, 0) is 18.4 Å². The lowest BCUT2D eigenvalue weighted by molar-refractivity contribution is 0.190. The van der Waals surface area contributed by atoms with Crippen LogP contribution in [0.15, 0.2) is 42.5 Å². The summed E-state index contributed by atoms with van der Waals surface area (Å²) in [5, 5.41) is 5.98. The van der Waals surface area contributed by atoms with Crippen molar-refractivity contribution in [1.29, 1.82) is 0 Å². The molecule has 0 aliphatic rings. The van der Waals surface area contributed by atoms with E-state index in [4.69, 9.17) is 4.74 Å². The van der Waals surface area contributed by atoms with Crippen molar-refractivity contribution in [2.24, 2.45) is 0 Å². The minimum absolute atomic E-state index is 0.316. The lowest BCUT2D eigenvalue weighted by Gasteiger charge is -2.15. The number of anilines is 1. The summed E-state index contributed by atoms with van der Waals surface area (Å²) in [6.07, 6.45) is 0. The lowest BCUT2D eigenvalue weighted by atomic mass is 10.1. The van der Waals surface area contributed by atoms with Crippen molar-refractivity contribution in [3.8, 4) is 0 Å². The van der Waals surface area contributed by atoms with E-state index in [0.29, 0.717) is 12.6 Å². The minimum atomic E-state index is 0.316. The summed E-state index contributed by atoms with van der Waals surface area (Å²) in [4.78, 5) is 0. The van der Waals surface area contributed by atoms with Gasteiger partial charge >= 0.3 is 0 Å². The zero-order chi connectivity index (χ0) is 11.4. The molecule has 0 aromatic heterocycles. The molecule has 0 amide bonds. The van der Waals surface area contributed by atoms with Crippen LogP contribution in [-0.2, 0) is 4.74 Å². The second-order valence-electron chi connectivity index (χ2n) is 4.03. The fourth-order valence-corrected chi connectivity index (χ4v) is 1.91. The first-order chi connectivity index (χ1) is 7.81. The monoisotopic (exact) mass is 215 g/mol. The highest BCUT2D eigenvalue weighted by Crippen LogP contribution is 2.23. The molecule has 84 valence electrons. The Morgan fingerprint density at radius 1 is 1.12 bits per heavy atom. The van der Waals surface area contributed by atoms with Gasteiger partial charge in [0, 0.05) is 24.2 Å². The Morgan fingerprint density at radius 3 is 2.69 bits per heavy atom. The van der Waals surface area contributed by atoms with Crippen molar-refractivity contribution in [1.82, 2.24) is 0 Å². The predicted molar refractivity (Wildman–Crippen MR) is 68.9 cm³/mol. The van der Waals surface area contributed by atoms with Crippen LogP contribution in [-0.4, -0.2) is 19.8 Å². The highest BCUT2D eigenvalue weighted by atomic mass is 16.5. The van der Waals surface area contributed by atoms with E-state index in [0.717, 1.165) is 0 Å². The van der Waals surface area contributed by atoms with Crippen molar-refractivity contribution >= 4 is 16.5 Å². The minimum Gasteiger partial charge on any atom is -0.383 e. The zero-order valence-corrected chi connectivity index (χ0v) is 9.73. The van der Waals surface area contributed by atoms with Gasteiger partial charge in [-0.1, -0.05) is 36.4 Å². The summed E-state index contributed by atoms with van der Waals surface area (Å²) in [5.41, 5.74) is 1.17. The molecule has 0 spiro atoms. The third-order valence-electron chi connectivity index (χ3n) is 2.61. The molecule has 1 unspecified atom stereocenters. The number of methoxy groups -OCH3 is 1. The van der Waals surface area contributed by atoms with Crippen LogP contribution < -0.4 is 5.32 Å². The van der Waals surface area contributed by atoms with Crippen molar-refractivity contribution in [3.63, 3.8) is 0 Å². The SMILES string of the molecule is COCC(C)Nc1cccc2ccccc12. The van der Waals surface area contributed by atoms with Gasteiger partial charge < -0.3 is 10.1 Å².